The van der Waals surface area contributed by atoms with Crippen molar-refractivity contribution in [2.75, 3.05) is 13.9 Å². The van der Waals surface area contributed by atoms with Crippen molar-refractivity contribution in [1.29, 1.82) is 0 Å². The Kier molecular flexibility index (Phi) is 8.20. The van der Waals surface area contributed by atoms with E-state index in [0.29, 0.717) is 28.4 Å². The SMILES string of the molecule is CCCC(=O)OCOC(=O)c1c(C)nc(C)c(C(=O)OC)c1-c1ccc(Cl)c(Cl)c1. The summed E-state index contributed by atoms with van der Waals surface area (Å²) in [7, 11) is 1.23. The van der Waals surface area contributed by atoms with Gasteiger partial charge in [-0.1, -0.05) is 36.2 Å². The van der Waals surface area contributed by atoms with E-state index in [-0.39, 0.29) is 28.1 Å². The molecule has 0 radical (unpaired) electrons. The van der Waals surface area contributed by atoms with Gasteiger partial charge in [-0.15, -0.1) is 0 Å². The Morgan fingerprint density at radius 3 is 2.17 bits per heavy atom. The second-order valence-corrected chi connectivity index (χ2v) is 7.16. The van der Waals surface area contributed by atoms with Crippen LogP contribution in [0.5, 0.6) is 0 Å². The topological polar surface area (TPSA) is 91.8 Å². The van der Waals surface area contributed by atoms with Crippen molar-refractivity contribution in [3.63, 3.8) is 0 Å². The predicted octanol–water partition coefficient (Wildman–Crippen LogP) is 4.92. The average Bonchev–Trinajstić information content (AvgIpc) is 2.69. The van der Waals surface area contributed by atoms with Crippen LogP contribution in [0.2, 0.25) is 10.0 Å². The van der Waals surface area contributed by atoms with E-state index in [1.807, 2.05) is 6.92 Å². The van der Waals surface area contributed by atoms with Crippen LogP contribution < -0.4 is 0 Å². The number of hydrogen-bond acceptors (Lipinski definition) is 7. The molecule has 160 valence electrons. The fourth-order valence-corrected chi connectivity index (χ4v) is 3.19. The lowest BCUT2D eigenvalue weighted by Crippen LogP contribution is -2.18. The van der Waals surface area contributed by atoms with Gasteiger partial charge in [0.1, 0.15) is 0 Å². The lowest BCUT2D eigenvalue weighted by atomic mass is 9.92. The summed E-state index contributed by atoms with van der Waals surface area (Å²) < 4.78 is 14.9. The zero-order valence-corrected chi connectivity index (χ0v) is 18.5. The van der Waals surface area contributed by atoms with Crippen molar-refractivity contribution in [2.24, 2.45) is 0 Å². The number of rotatable bonds is 7. The minimum absolute atomic E-state index is 0.0333. The fourth-order valence-electron chi connectivity index (χ4n) is 2.89. The van der Waals surface area contributed by atoms with Crippen LogP contribution in [0.4, 0.5) is 0 Å². The summed E-state index contributed by atoms with van der Waals surface area (Å²) >= 11 is 12.2. The molecule has 7 nitrogen and oxygen atoms in total. The van der Waals surface area contributed by atoms with Gasteiger partial charge in [-0.2, -0.15) is 0 Å². The molecule has 0 saturated carbocycles. The number of halogens is 2. The van der Waals surface area contributed by atoms with E-state index in [1.54, 1.807) is 26.0 Å². The van der Waals surface area contributed by atoms with Crippen LogP contribution in [0.25, 0.3) is 11.1 Å². The molecule has 2 aromatic rings. The molecule has 9 heteroatoms. The number of esters is 3. The maximum Gasteiger partial charge on any atom is 0.343 e. The first-order chi connectivity index (χ1) is 14.2. The summed E-state index contributed by atoms with van der Waals surface area (Å²) in [6, 6.07) is 4.70. The molecule has 0 atom stereocenters. The van der Waals surface area contributed by atoms with E-state index in [1.165, 1.54) is 13.2 Å². The Morgan fingerprint density at radius 2 is 1.60 bits per heavy atom. The van der Waals surface area contributed by atoms with Crippen LogP contribution in [0, 0.1) is 13.8 Å². The maximum absolute atomic E-state index is 12.9. The molecular formula is C21H21Cl2NO6. The maximum atomic E-state index is 12.9. The van der Waals surface area contributed by atoms with Crippen molar-refractivity contribution in [3.05, 3.63) is 50.8 Å². The molecule has 0 saturated heterocycles. The molecule has 0 amide bonds. The first-order valence-electron chi connectivity index (χ1n) is 9.08. The molecule has 0 fully saturated rings. The highest BCUT2D eigenvalue weighted by Gasteiger charge is 2.28. The lowest BCUT2D eigenvalue weighted by molar-refractivity contribution is -0.152. The van der Waals surface area contributed by atoms with Crippen LogP contribution in [0.15, 0.2) is 18.2 Å². The van der Waals surface area contributed by atoms with Crippen LogP contribution in [0.3, 0.4) is 0 Å². The standard InChI is InChI=1S/C21H21Cl2NO6/c1-5-6-16(25)29-10-30-21(27)18-12(3)24-11(2)17(20(26)28-4)19(18)13-7-8-14(22)15(23)9-13/h7-9H,5-6,10H2,1-4H3. The number of hydrogen-bond donors (Lipinski definition) is 0. The molecule has 2 rings (SSSR count). The second-order valence-electron chi connectivity index (χ2n) is 6.34. The molecule has 0 aliphatic carbocycles. The third kappa shape index (κ3) is 5.29. The Balaban J connectivity index is 2.58. The largest absolute Gasteiger partial charge is 0.465 e. The predicted molar refractivity (Wildman–Crippen MR) is 112 cm³/mol. The van der Waals surface area contributed by atoms with E-state index < -0.39 is 24.7 Å². The minimum atomic E-state index is -0.810. The van der Waals surface area contributed by atoms with Crippen molar-refractivity contribution >= 4 is 41.1 Å². The van der Waals surface area contributed by atoms with E-state index >= 15 is 0 Å². The normalized spacial score (nSPS) is 10.5. The summed E-state index contributed by atoms with van der Waals surface area (Å²) in [6.45, 7) is 4.50. The summed E-state index contributed by atoms with van der Waals surface area (Å²) in [4.78, 5) is 41.2. The number of carbonyl (C=O) groups is 3. The van der Waals surface area contributed by atoms with E-state index in [2.05, 4.69) is 4.98 Å². The Hall–Kier alpha value is -2.64. The highest BCUT2D eigenvalue weighted by atomic mass is 35.5. The number of nitrogens with zero attached hydrogens (tertiary/aromatic N) is 1. The lowest BCUT2D eigenvalue weighted by Gasteiger charge is -2.18. The zero-order valence-electron chi connectivity index (χ0n) is 17.0. The van der Waals surface area contributed by atoms with Crippen LogP contribution in [-0.2, 0) is 19.0 Å². The van der Waals surface area contributed by atoms with E-state index in [0.717, 1.165) is 0 Å². The third-order valence-corrected chi connectivity index (χ3v) is 4.96. The van der Waals surface area contributed by atoms with Crippen molar-refractivity contribution in [3.8, 4) is 11.1 Å². The first kappa shape index (κ1) is 23.6. The van der Waals surface area contributed by atoms with Crippen LogP contribution in [0.1, 0.15) is 51.9 Å². The summed E-state index contributed by atoms with van der Waals surface area (Å²) in [5, 5.41) is 0.555. The number of aryl methyl sites for hydroxylation is 2. The zero-order chi connectivity index (χ0) is 22.4. The Labute approximate surface area is 184 Å². The molecule has 0 unspecified atom stereocenters. The smallest absolute Gasteiger partial charge is 0.343 e. The molecular weight excluding hydrogens is 433 g/mol. The quantitative estimate of drug-likeness (QED) is 0.433. The molecule has 1 aromatic heterocycles. The molecule has 0 spiro atoms. The van der Waals surface area contributed by atoms with Gasteiger partial charge in [-0.05, 0) is 38.0 Å². The fraction of sp³-hybridized carbons (Fsp3) is 0.333. The van der Waals surface area contributed by atoms with Gasteiger partial charge in [-0.3, -0.25) is 9.78 Å². The number of carbonyl (C=O) groups excluding carboxylic acids is 3. The molecule has 1 aromatic carbocycles. The first-order valence-corrected chi connectivity index (χ1v) is 9.84. The van der Waals surface area contributed by atoms with Crippen molar-refractivity contribution in [2.45, 2.75) is 33.6 Å². The number of benzene rings is 1. The highest BCUT2D eigenvalue weighted by molar-refractivity contribution is 6.42. The Bertz CT molecular complexity index is 990. The number of methoxy groups -OCH3 is 1. The van der Waals surface area contributed by atoms with Gasteiger partial charge in [0, 0.05) is 12.0 Å². The van der Waals surface area contributed by atoms with E-state index in [9.17, 15) is 14.4 Å². The van der Waals surface area contributed by atoms with Gasteiger partial charge < -0.3 is 14.2 Å². The van der Waals surface area contributed by atoms with Gasteiger partial charge in [0.2, 0.25) is 6.79 Å². The van der Waals surface area contributed by atoms with Gasteiger partial charge in [-0.25, -0.2) is 9.59 Å². The molecule has 0 aliphatic heterocycles. The monoisotopic (exact) mass is 453 g/mol. The van der Waals surface area contributed by atoms with Gasteiger partial charge in [0.05, 0.1) is 39.7 Å². The van der Waals surface area contributed by atoms with Crippen LogP contribution >= 0.6 is 23.2 Å². The summed E-state index contributed by atoms with van der Waals surface area (Å²) in [5.41, 5.74) is 1.52. The van der Waals surface area contributed by atoms with Gasteiger partial charge >= 0.3 is 17.9 Å². The molecule has 0 bridgehead atoms. The summed E-state index contributed by atoms with van der Waals surface area (Å²) in [6.07, 6.45) is 0.821. The van der Waals surface area contributed by atoms with Gasteiger partial charge in [0.25, 0.3) is 0 Å². The molecule has 1 heterocycles. The van der Waals surface area contributed by atoms with Crippen molar-refractivity contribution < 1.29 is 28.6 Å². The summed E-state index contributed by atoms with van der Waals surface area (Å²) in [5.74, 6) is -1.97. The van der Waals surface area contributed by atoms with Crippen molar-refractivity contribution in [1.82, 2.24) is 4.98 Å². The minimum Gasteiger partial charge on any atom is -0.465 e. The third-order valence-electron chi connectivity index (χ3n) is 4.22. The molecule has 0 N–H and O–H groups in total. The van der Waals surface area contributed by atoms with E-state index in [4.69, 9.17) is 37.4 Å². The van der Waals surface area contributed by atoms with Crippen LogP contribution in [-0.4, -0.2) is 36.8 Å². The average molecular weight is 454 g/mol. The molecule has 0 aliphatic rings. The Morgan fingerprint density at radius 1 is 0.967 bits per heavy atom. The number of aromatic nitrogens is 1. The number of ether oxygens (including phenoxy) is 3. The number of pyridine rings is 1. The highest BCUT2D eigenvalue weighted by Crippen LogP contribution is 2.35. The van der Waals surface area contributed by atoms with Gasteiger partial charge in [0.15, 0.2) is 0 Å². The second kappa shape index (κ2) is 10.4. The molecule has 30 heavy (non-hydrogen) atoms.